The normalized spacial score (nSPS) is 10.4. The summed E-state index contributed by atoms with van der Waals surface area (Å²) < 4.78 is 11.1. The summed E-state index contributed by atoms with van der Waals surface area (Å²) in [5.41, 5.74) is 1.33. The summed E-state index contributed by atoms with van der Waals surface area (Å²) in [6.45, 7) is 6.69. The summed E-state index contributed by atoms with van der Waals surface area (Å²) in [4.78, 5) is 12.2. The van der Waals surface area contributed by atoms with Gasteiger partial charge in [0.2, 0.25) is 0 Å². The van der Waals surface area contributed by atoms with Crippen molar-refractivity contribution >= 4 is 11.6 Å². The summed E-state index contributed by atoms with van der Waals surface area (Å²) in [7, 11) is 0. The standard InChI is InChI=1S/C19H23NO3/c1-4-13-22-17-11-7-16(8-12-17)20-19(21)15-5-9-18(10-6-15)23-14(2)3/h5-12,14H,4,13H2,1-3H3,(H,20,21). The third-order valence-corrected chi connectivity index (χ3v) is 3.07. The lowest BCUT2D eigenvalue weighted by Crippen LogP contribution is -2.12. The number of nitrogens with one attached hydrogen (secondary N) is 1. The molecule has 2 aromatic carbocycles. The van der Waals surface area contributed by atoms with Crippen LogP contribution in [0.1, 0.15) is 37.6 Å². The van der Waals surface area contributed by atoms with Crippen molar-refractivity contribution in [3.8, 4) is 11.5 Å². The quantitative estimate of drug-likeness (QED) is 0.818. The predicted molar refractivity (Wildman–Crippen MR) is 92.4 cm³/mol. The Morgan fingerprint density at radius 3 is 2.17 bits per heavy atom. The van der Waals surface area contributed by atoms with Crippen LogP contribution in [0.3, 0.4) is 0 Å². The number of ether oxygens (including phenoxy) is 2. The highest BCUT2D eigenvalue weighted by molar-refractivity contribution is 6.04. The topological polar surface area (TPSA) is 47.6 Å². The van der Waals surface area contributed by atoms with E-state index in [1.54, 1.807) is 24.3 Å². The summed E-state index contributed by atoms with van der Waals surface area (Å²) in [5.74, 6) is 1.41. The van der Waals surface area contributed by atoms with Gasteiger partial charge in [0.1, 0.15) is 11.5 Å². The maximum absolute atomic E-state index is 12.2. The number of hydrogen-bond donors (Lipinski definition) is 1. The molecule has 4 heteroatoms. The molecule has 122 valence electrons. The zero-order valence-electron chi connectivity index (χ0n) is 13.8. The van der Waals surface area contributed by atoms with Crippen LogP contribution in [0.15, 0.2) is 48.5 Å². The largest absolute Gasteiger partial charge is 0.494 e. The maximum atomic E-state index is 12.2. The van der Waals surface area contributed by atoms with Crippen LogP contribution in [0.5, 0.6) is 11.5 Å². The second-order valence-electron chi connectivity index (χ2n) is 5.52. The molecular weight excluding hydrogens is 290 g/mol. The molecule has 0 radical (unpaired) electrons. The van der Waals surface area contributed by atoms with E-state index in [2.05, 4.69) is 12.2 Å². The van der Waals surface area contributed by atoms with Gasteiger partial charge in [-0.3, -0.25) is 4.79 Å². The lowest BCUT2D eigenvalue weighted by molar-refractivity contribution is 0.102. The highest BCUT2D eigenvalue weighted by Gasteiger charge is 2.07. The Hall–Kier alpha value is -2.49. The van der Waals surface area contributed by atoms with Crippen molar-refractivity contribution in [3.63, 3.8) is 0 Å². The molecule has 0 spiro atoms. The molecule has 0 aliphatic heterocycles. The lowest BCUT2D eigenvalue weighted by atomic mass is 10.2. The van der Waals surface area contributed by atoms with E-state index in [1.165, 1.54) is 0 Å². The molecule has 2 aromatic rings. The number of amides is 1. The number of carbonyl (C=O) groups excluding carboxylic acids is 1. The van der Waals surface area contributed by atoms with E-state index < -0.39 is 0 Å². The van der Waals surface area contributed by atoms with E-state index in [-0.39, 0.29) is 12.0 Å². The van der Waals surface area contributed by atoms with Gasteiger partial charge in [0.05, 0.1) is 12.7 Å². The Bertz CT molecular complexity index is 618. The van der Waals surface area contributed by atoms with E-state index in [0.717, 1.165) is 23.6 Å². The zero-order chi connectivity index (χ0) is 16.7. The van der Waals surface area contributed by atoms with E-state index in [4.69, 9.17) is 9.47 Å². The second-order valence-corrected chi connectivity index (χ2v) is 5.52. The molecule has 0 aliphatic rings. The van der Waals surface area contributed by atoms with Crippen molar-refractivity contribution in [2.24, 2.45) is 0 Å². The van der Waals surface area contributed by atoms with Gasteiger partial charge < -0.3 is 14.8 Å². The molecular formula is C19H23NO3. The summed E-state index contributed by atoms with van der Waals surface area (Å²) in [5, 5.41) is 2.87. The third-order valence-electron chi connectivity index (χ3n) is 3.07. The molecule has 0 heterocycles. The molecule has 23 heavy (non-hydrogen) atoms. The van der Waals surface area contributed by atoms with Crippen LogP contribution in [-0.4, -0.2) is 18.6 Å². The van der Waals surface area contributed by atoms with Gasteiger partial charge in [0.25, 0.3) is 5.91 Å². The van der Waals surface area contributed by atoms with Crippen molar-refractivity contribution in [2.75, 3.05) is 11.9 Å². The number of hydrogen-bond acceptors (Lipinski definition) is 3. The highest BCUT2D eigenvalue weighted by Crippen LogP contribution is 2.18. The van der Waals surface area contributed by atoms with Crippen molar-refractivity contribution in [1.29, 1.82) is 0 Å². The van der Waals surface area contributed by atoms with Gasteiger partial charge in [0.15, 0.2) is 0 Å². The molecule has 0 bridgehead atoms. The lowest BCUT2D eigenvalue weighted by Gasteiger charge is -2.10. The minimum Gasteiger partial charge on any atom is -0.494 e. The van der Waals surface area contributed by atoms with Crippen molar-refractivity contribution in [3.05, 3.63) is 54.1 Å². The molecule has 0 saturated heterocycles. The van der Waals surface area contributed by atoms with Crippen molar-refractivity contribution < 1.29 is 14.3 Å². The molecule has 0 unspecified atom stereocenters. The first-order valence-corrected chi connectivity index (χ1v) is 7.89. The smallest absolute Gasteiger partial charge is 0.255 e. The van der Waals surface area contributed by atoms with Crippen molar-refractivity contribution in [2.45, 2.75) is 33.3 Å². The highest BCUT2D eigenvalue weighted by atomic mass is 16.5. The molecule has 1 amide bonds. The SMILES string of the molecule is CCCOc1ccc(NC(=O)c2ccc(OC(C)C)cc2)cc1. The molecule has 1 N–H and O–H groups in total. The molecule has 4 nitrogen and oxygen atoms in total. The Kier molecular flexibility index (Phi) is 6.03. The third kappa shape index (κ3) is 5.33. The Labute approximate surface area is 137 Å². The van der Waals surface area contributed by atoms with Gasteiger partial charge in [-0.05, 0) is 68.8 Å². The molecule has 0 atom stereocenters. The van der Waals surface area contributed by atoms with Crippen LogP contribution in [0.4, 0.5) is 5.69 Å². The van der Waals surface area contributed by atoms with Crippen LogP contribution in [-0.2, 0) is 0 Å². The van der Waals surface area contributed by atoms with E-state index in [9.17, 15) is 4.79 Å². The molecule has 0 aromatic heterocycles. The number of carbonyl (C=O) groups is 1. The van der Waals surface area contributed by atoms with Gasteiger partial charge >= 0.3 is 0 Å². The molecule has 0 fully saturated rings. The Morgan fingerprint density at radius 1 is 1.00 bits per heavy atom. The Morgan fingerprint density at radius 2 is 1.61 bits per heavy atom. The molecule has 0 saturated carbocycles. The van der Waals surface area contributed by atoms with Crippen LogP contribution >= 0.6 is 0 Å². The van der Waals surface area contributed by atoms with Gasteiger partial charge in [-0.15, -0.1) is 0 Å². The monoisotopic (exact) mass is 313 g/mol. The second kappa shape index (κ2) is 8.22. The zero-order valence-corrected chi connectivity index (χ0v) is 13.8. The van der Waals surface area contributed by atoms with Gasteiger partial charge in [-0.1, -0.05) is 6.92 Å². The first kappa shape index (κ1) is 16.9. The molecule has 2 rings (SSSR count). The first-order valence-electron chi connectivity index (χ1n) is 7.89. The first-order chi connectivity index (χ1) is 11.1. The van der Waals surface area contributed by atoms with Gasteiger partial charge in [0, 0.05) is 11.3 Å². The van der Waals surface area contributed by atoms with E-state index in [1.807, 2.05) is 38.1 Å². The van der Waals surface area contributed by atoms with E-state index in [0.29, 0.717) is 12.2 Å². The average molecular weight is 313 g/mol. The minimum absolute atomic E-state index is 0.114. The van der Waals surface area contributed by atoms with Gasteiger partial charge in [-0.2, -0.15) is 0 Å². The number of anilines is 1. The van der Waals surface area contributed by atoms with Gasteiger partial charge in [-0.25, -0.2) is 0 Å². The van der Waals surface area contributed by atoms with Crippen molar-refractivity contribution in [1.82, 2.24) is 0 Å². The number of benzene rings is 2. The van der Waals surface area contributed by atoms with Crippen LogP contribution in [0.2, 0.25) is 0 Å². The minimum atomic E-state index is -0.150. The fourth-order valence-corrected chi connectivity index (χ4v) is 2.01. The summed E-state index contributed by atoms with van der Waals surface area (Å²) in [6.07, 6.45) is 1.08. The van der Waals surface area contributed by atoms with Crippen LogP contribution < -0.4 is 14.8 Å². The fourth-order valence-electron chi connectivity index (χ4n) is 2.01. The molecule has 0 aliphatic carbocycles. The maximum Gasteiger partial charge on any atom is 0.255 e. The summed E-state index contributed by atoms with van der Waals surface area (Å²) >= 11 is 0. The fraction of sp³-hybridized carbons (Fsp3) is 0.316. The Balaban J connectivity index is 1.95. The summed E-state index contributed by atoms with van der Waals surface area (Å²) in [6, 6.07) is 14.5. The van der Waals surface area contributed by atoms with Crippen LogP contribution in [0, 0.1) is 0 Å². The average Bonchev–Trinajstić information content (AvgIpc) is 2.54. The predicted octanol–water partition coefficient (Wildman–Crippen LogP) is 4.51. The number of rotatable bonds is 7. The van der Waals surface area contributed by atoms with Crippen LogP contribution in [0.25, 0.3) is 0 Å². The van der Waals surface area contributed by atoms with E-state index >= 15 is 0 Å².